The van der Waals surface area contributed by atoms with Crippen molar-refractivity contribution in [2.45, 2.75) is 11.7 Å². The summed E-state index contributed by atoms with van der Waals surface area (Å²) in [4.78, 5) is 20.5. The Labute approximate surface area is 63.6 Å². The number of hydrogen-bond acceptors (Lipinski definition) is 4. The molecule has 0 radical (unpaired) electrons. The Kier molecular flexibility index (Phi) is 3.87. The summed E-state index contributed by atoms with van der Waals surface area (Å²) in [5.74, 6) is -1.68. The molecule has 1 N–H and O–H groups in total. The van der Waals surface area contributed by atoms with E-state index in [1.165, 1.54) is 7.11 Å². The second-order valence-corrected chi connectivity index (χ2v) is 2.26. The molecule has 0 saturated carbocycles. The van der Waals surface area contributed by atoms with Gasteiger partial charge in [-0.25, -0.2) is 0 Å². The molecular formula is C5H8O4S. The highest BCUT2D eigenvalue weighted by Crippen LogP contribution is 2.02. The van der Waals surface area contributed by atoms with E-state index >= 15 is 0 Å². The molecule has 0 aromatic rings. The topological polar surface area (TPSA) is 63.6 Å². The Balaban J connectivity index is 3.72. The molecule has 10 heavy (non-hydrogen) atoms. The number of carbonyl (C=O) groups excluding carboxylic acids is 1. The zero-order valence-corrected chi connectivity index (χ0v) is 6.30. The lowest BCUT2D eigenvalue weighted by atomic mass is 10.3. The van der Waals surface area contributed by atoms with Crippen LogP contribution in [0.1, 0.15) is 6.42 Å². The third-order valence-electron chi connectivity index (χ3n) is 0.841. The van der Waals surface area contributed by atoms with Crippen LogP contribution in [0.4, 0.5) is 0 Å². The second kappa shape index (κ2) is 4.16. The zero-order valence-electron chi connectivity index (χ0n) is 5.40. The molecule has 0 amide bonds. The summed E-state index contributed by atoms with van der Waals surface area (Å²) in [6, 6.07) is 0. The molecule has 58 valence electrons. The molecule has 4 nitrogen and oxygen atoms in total. The number of aliphatic carboxylic acids is 1. The van der Waals surface area contributed by atoms with E-state index in [1.807, 2.05) is 0 Å². The first-order chi connectivity index (χ1) is 4.57. The van der Waals surface area contributed by atoms with Crippen molar-refractivity contribution in [3.63, 3.8) is 0 Å². The van der Waals surface area contributed by atoms with Crippen molar-refractivity contribution in [2.24, 2.45) is 0 Å². The zero-order chi connectivity index (χ0) is 8.15. The fourth-order valence-corrected chi connectivity index (χ4v) is 0.646. The van der Waals surface area contributed by atoms with Crippen LogP contribution in [0.15, 0.2) is 0 Å². The first-order valence-corrected chi connectivity index (χ1v) is 3.07. The van der Waals surface area contributed by atoms with Crippen molar-refractivity contribution >= 4 is 24.6 Å². The maximum absolute atomic E-state index is 10.5. The highest BCUT2D eigenvalue weighted by molar-refractivity contribution is 7.81. The molecule has 5 heteroatoms. The van der Waals surface area contributed by atoms with Crippen molar-refractivity contribution in [3.05, 3.63) is 0 Å². The molecule has 0 aliphatic rings. The summed E-state index contributed by atoms with van der Waals surface area (Å²) in [7, 11) is 1.19. The lowest BCUT2D eigenvalue weighted by Gasteiger charge is -2.03. The minimum Gasteiger partial charge on any atom is -0.481 e. The Bertz CT molecular complexity index is 145. The normalized spacial score (nSPS) is 12.2. The number of rotatable bonds is 3. The molecular weight excluding hydrogens is 156 g/mol. The number of methoxy groups -OCH3 is 1. The average Bonchev–Trinajstić information content (AvgIpc) is 1.85. The highest BCUT2D eigenvalue weighted by atomic mass is 32.1. The smallest absolute Gasteiger partial charge is 0.319 e. The summed E-state index contributed by atoms with van der Waals surface area (Å²) >= 11 is 3.69. The lowest BCUT2D eigenvalue weighted by Crippen LogP contribution is -2.19. The first-order valence-electron chi connectivity index (χ1n) is 2.55. The number of carboxylic acid groups (broad SMARTS) is 1. The van der Waals surface area contributed by atoms with E-state index in [9.17, 15) is 9.59 Å². The Hall–Kier alpha value is -0.710. The van der Waals surface area contributed by atoms with Crippen LogP contribution in [0.25, 0.3) is 0 Å². The summed E-state index contributed by atoms with van der Waals surface area (Å²) in [5, 5.41) is 7.31. The maximum Gasteiger partial charge on any atom is 0.319 e. The van der Waals surface area contributed by atoms with Gasteiger partial charge in [0.25, 0.3) is 0 Å². The Morgan fingerprint density at radius 1 is 1.70 bits per heavy atom. The van der Waals surface area contributed by atoms with Crippen molar-refractivity contribution in [1.29, 1.82) is 0 Å². The van der Waals surface area contributed by atoms with Gasteiger partial charge < -0.3 is 9.84 Å². The van der Waals surface area contributed by atoms with Crippen LogP contribution in [0.2, 0.25) is 0 Å². The van der Waals surface area contributed by atoms with Gasteiger partial charge >= 0.3 is 11.9 Å². The van der Waals surface area contributed by atoms with Crippen LogP contribution in [0, 0.1) is 0 Å². The van der Waals surface area contributed by atoms with Crippen LogP contribution in [-0.4, -0.2) is 29.4 Å². The van der Waals surface area contributed by atoms with Gasteiger partial charge in [0.15, 0.2) is 0 Å². The molecule has 0 aromatic carbocycles. The van der Waals surface area contributed by atoms with Gasteiger partial charge in [-0.05, 0) is 0 Å². The third-order valence-corrected chi connectivity index (χ3v) is 1.23. The SMILES string of the molecule is COC(=O)C(S)CC(=O)O. The average molecular weight is 164 g/mol. The second-order valence-electron chi connectivity index (χ2n) is 1.64. The maximum atomic E-state index is 10.5. The first kappa shape index (κ1) is 9.29. The molecule has 0 heterocycles. The summed E-state index contributed by atoms with van der Waals surface area (Å²) in [6.07, 6.45) is -0.310. The quantitative estimate of drug-likeness (QED) is 0.453. The van der Waals surface area contributed by atoms with Gasteiger partial charge in [0, 0.05) is 0 Å². The van der Waals surface area contributed by atoms with Crippen molar-refractivity contribution in [2.75, 3.05) is 7.11 Å². The van der Waals surface area contributed by atoms with Gasteiger partial charge in [-0.3, -0.25) is 9.59 Å². The van der Waals surface area contributed by atoms with E-state index in [0.29, 0.717) is 0 Å². The number of ether oxygens (including phenoxy) is 1. The number of hydrogen-bond donors (Lipinski definition) is 2. The molecule has 0 bridgehead atoms. The monoisotopic (exact) mass is 164 g/mol. The van der Waals surface area contributed by atoms with Crippen molar-refractivity contribution < 1.29 is 19.4 Å². The lowest BCUT2D eigenvalue weighted by molar-refractivity contribution is -0.144. The van der Waals surface area contributed by atoms with E-state index in [2.05, 4.69) is 17.4 Å². The van der Waals surface area contributed by atoms with E-state index in [4.69, 9.17) is 5.11 Å². The molecule has 0 aliphatic heterocycles. The van der Waals surface area contributed by atoms with E-state index in [1.54, 1.807) is 0 Å². The minimum atomic E-state index is -1.06. The Morgan fingerprint density at radius 3 is 2.50 bits per heavy atom. The molecule has 0 fully saturated rings. The van der Waals surface area contributed by atoms with Gasteiger partial charge in [0.1, 0.15) is 5.25 Å². The molecule has 1 atom stereocenters. The van der Waals surface area contributed by atoms with Gasteiger partial charge in [-0.2, -0.15) is 12.6 Å². The predicted octanol–water partition coefficient (Wildman–Crippen LogP) is -0.0675. The van der Waals surface area contributed by atoms with Crippen LogP contribution in [-0.2, 0) is 14.3 Å². The summed E-state index contributed by atoms with van der Waals surface area (Å²) in [5.41, 5.74) is 0. The highest BCUT2D eigenvalue weighted by Gasteiger charge is 2.17. The van der Waals surface area contributed by atoms with Gasteiger partial charge in [0.2, 0.25) is 0 Å². The van der Waals surface area contributed by atoms with Crippen LogP contribution < -0.4 is 0 Å². The standard InChI is InChI=1S/C5H8O4S/c1-9-5(8)3(10)2-4(6)7/h3,10H,2H2,1H3,(H,6,7). The minimum absolute atomic E-state index is 0.310. The predicted molar refractivity (Wildman–Crippen MR) is 37.0 cm³/mol. The van der Waals surface area contributed by atoms with Crippen LogP contribution >= 0.6 is 12.6 Å². The fraction of sp³-hybridized carbons (Fsp3) is 0.600. The van der Waals surface area contributed by atoms with Crippen LogP contribution in [0.5, 0.6) is 0 Å². The molecule has 0 aliphatic carbocycles. The largest absolute Gasteiger partial charge is 0.481 e. The summed E-state index contributed by atoms with van der Waals surface area (Å²) < 4.78 is 4.23. The third kappa shape index (κ3) is 3.34. The van der Waals surface area contributed by atoms with Gasteiger partial charge in [-0.15, -0.1) is 0 Å². The number of esters is 1. The molecule has 0 rings (SSSR count). The molecule has 0 aromatic heterocycles. The molecule has 1 unspecified atom stereocenters. The molecule has 0 saturated heterocycles. The number of carbonyl (C=O) groups is 2. The van der Waals surface area contributed by atoms with Gasteiger partial charge in [0.05, 0.1) is 13.5 Å². The van der Waals surface area contributed by atoms with Crippen LogP contribution in [0.3, 0.4) is 0 Å². The van der Waals surface area contributed by atoms with Crippen molar-refractivity contribution in [3.8, 4) is 0 Å². The number of thiol groups is 1. The Morgan fingerprint density at radius 2 is 2.20 bits per heavy atom. The fourth-order valence-electron chi connectivity index (χ4n) is 0.385. The van der Waals surface area contributed by atoms with Crippen molar-refractivity contribution in [1.82, 2.24) is 0 Å². The number of carboxylic acids is 1. The van der Waals surface area contributed by atoms with Gasteiger partial charge in [-0.1, -0.05) is 0 Å². The summed E-state index contributed by atoms with van der Waals surface area (Å²) in [6.45, 7) is 0. The molecule has 0 spiro atoms. The van der Waals surface area contributed by atoms with E-state index in [0.717, 1.165) is 0 Å². The van der Waals surface area contributed by atoms with E-state index < -0.39 is 17.2 Å². The van der Waals surface area contributed by atoms with E-state index in [-0.39, 0.29) is 6.42 Å².